The van der Waals surface area contributed by atoms with Crippen molar-refractivity contribution in [3.8, 4) is 0 Å². The van der Waals surface area contributed by atoms with E-state index < -0.39 is 0 Å². The highest BCUT2D eigenvalue weighted by molar-refractivity contribution is 7.12. The molecule has 1 aromatic rings. The second-order valence-corrected chi connectivity index (χ2v) is 5.29. The normalized spacial score (nSPS) is 13.6. The first-order valence-electron chi connectivity index (χ1n) is 4.89. The summed E-state index contributed by atoms with van der Waals surface area (Å²) in [4.78, 5) is 2.84. The quantitative estimate of drug-likeness (QED) is 0.780. The Kier molecular flexibility index (Phi) is 3.94. The average molecular weight is 197 g/mol. The van der Waals surface area contributed by atoms with Gasteiger partial charge in [0.2, 0.25) is 0 Å². The molecule has 0 fully saturated rings. The van der Waals surface area contributed by atoms with Crippen molar-refractivity contribution < 1.29 is 0 Å². The Balaban J connectivity index is 2.44. The summed E-state index contributed by atoms with van der Waals surface area (Å²) < 4.78 is 0. The van der Waals surface area contributed by atoms with Crippen LogP contribution in [0.4, 0.5) is 0 Å². The molecule has 0 saturated heterocycles. The molecule has 0 aliphatic carbocycles. The highest BCUT2D eigenvalue weighted by Crippen LogP contribution is 2.22. The van der Waals surface area contributed by atoms with Crippen LogP contribution in [0.2, 0.25) is 0 Å². The highest BCUT2D eigenvalue weighted by atomic mass is 32.1. The lowest BCUT2D eigenvalue weighted by atomic mass is 10.2. The van der Waals surface area contributed by atoms with E-state index in [2.05, 4.69) is 45.1 Å². The van der Waals surface area contributed by atoms with E-state index in [-0.39, 0.29) is 0 Å². The molecule has 1 heterocycles. The zero-order valence-electron chi connectivity index (χ0n) is 8.92. The summed E-state index contributed by atoms with van der Waals surface area (Å²) in [5.74, 6) is 0.725. The smallest absolute Gasteiger partial charge is 0.0386 e. The van der Waals surface area contributed by atoms with Gasteiger partial charge < -0.3 is 5.32 Å². The van der Waals surface area contributed by atoms with Crippen molar-refractivity contribution in [1.29, 1.82) is 0 Å². The van der Waals surface area contributed by atoms with E-state index in [0.717, 1.165) is 12.5 Å². The van der Waals surface area contributed by atoms with Gasteiger partial charge in [0.25, 0.3) is 0 Å². The van der Waals surface area contributed by atoms with Crippen molar-refractivity contribution in [1.82, 2.24) is 5.32 Å². The number of aryl methyl sites for hydroxylation is 1. The number of nitrogens with one attached hydrogen (secondary N) is 1. The first-order valence-corrected chi connectivity index (χ1v) is 5.71. The van der Waals surface area contributed by atoms with Gasteiger partial charge in [-0.15, -0.1) is 11.3 Å². The Hall–Kier alpha value is -0.340. The summed E-state index contributed by atoms with van der Waals surface area (Å²) in [7, 11) is 0. The largest absolute Gasteiger partial charge is 0.309 e. The van der Waals surface area contributed by atoms with Crippen LogP contribution < -0.4 is 5.32 Å². The molecule has 0 bridgehead atoms. The Morgan fingerprint density at radius 3 is 2.46 bits per heavy atom. The van der Waals surface area contributed by atoms with Crippen LogP contribution in [-0.4, -0.2) is 6.54 Å². The highest BCUT2D eigenvalue weighted by Gasteiger charge is 2.06. The standard InChI is InChI=1S/C11H19NS/c1-8(2)7-12-10(4)11-6-5-9(3)13-11/h5-6,8,10,12H,7H2,1-4H3. The predicted molar refractivity (Wildman–Crippen MR) is 60.3 cm³/mol. The van der Waals surface area contributed by atoms with Gasteiger partial charge in [-0.3, -0.25) is 0 Å². The molecule has 0 radical (unpaired) electrons. The zero-order chi connectivity index (χ0) is 9.84. The molecule has 0 aromatic carbocycles. The van der Waals surface area contributed by atoms with Gasteiger partial charge in [-0.25, -0.2) is 0 Å². The van der Waals surface area contributed by atoms with Crippen LogP contribution in [0.3, 0.4) is 0 Å². The molecule has 0 spiro atoms. The summed E-state index contributed by atoms with van der Waals surface area (Å²) in [5, 5.41) is 3.52. The summed E-state index contributed by atoms with van der Waals surface area (Å²) >= 11 is 1.89. The zero-order valence-corrected chi connectivity index (χ0v) is 9.74. The lowest BCUT2D eigenvalue weighted by Crippen LogP contribution is -2.22. The van der Waals surface area contributed by atoms with E-state index in [1.165, 1.54) is 9.75 Å². The summed E-state index contributed by atoms with van der Waals surface area (Å²) in [5.41, 5.74) is 0. The van der Waals surface area contributed by atoms with Crippen LogP contribution >= 0.6 is 11.3 Å². The molecule has 0 aliphatic heterocycles. The molecular weight excluding hydrogens is 178 g/mol. The molecule has 1 N–H and O–H groups in total. The van der Waals surface area contributed by atoms with Crippen molar-refractivity contribution in [2.45, 2.75) is 33.7 Å². The minimum Gasteiger partial charge on any atom is -0.309 e. The van der Waals surface area contributed by atoms with E-state index in [4.69, 9.17) is 0 Å². The van der Waals surface area contributed by atoms with Crippen LogP contribution in [-0.2, 0) is 0 Å². The maximum Gasteiger partial charge on any atom is 0.0386 e. The number of hydrogen-bond acceptors (Lipinski definition) is 2. The van der Waals surface area contributed by atoms with Gasteiger partial charge in [-0.1, -0.05) is 13.8 Å². The number of rotatable bonds is 4. The van der Waals surface area contributed by atoms with E-state index in [1.54, 1.807) is 0 Å². The van der Waals surface area contributed by atoms with Gasteiger partial charge in [-0.05, 0) is 38.4 Å². The molecule has 74 valence electrons. The lowest BCUT2D eigenvalue weighted by molar-refractivity contribution is 0.500. The van der Waals surface area contributed by atoms with Gasteiger partial charge in [0.15, 0.2) is 0 Å². The Morgan fingerprint density at radius 2 is 2.00 bits per heavy atom. The monoisotopic (exact) mass is 197 g/mol. The fraction of sp³-hybridized carbons (Fsp3) is 0.636. The van der Waals surface area contributed by atoms with Crippen LogP contribution in [0.25, 0.3) is 0 Å². The number of thiophene rings is 1. The van der Waals surface area contributed by atoms with Crippen molar-refractivity contribution in [2.24, 2.45) is 5.92 Å². The Morgan fingerprint density at radius 1 is 1.31 bits per heavy atom. The lowest BCUT2D eigenvalue weighted by Gasteiger charge is -2.13. The van der Waals surface area contributed by atoms with E-state index in [1.807, 2.05) is 11.3 Å². The second kappa shape index (κ2) is 4.77. The molecule has 2 heteroatoms. The molecule has 0 saturated carbocycles. The third kappa shape index (κ3) is 3.49. The van der Waals surface area contributed by atoms with Gasteiger partial charge in [0, 0.05) is 15.8 Å². The van der Waals surface area contributed by atoms with Crippen LogP contribution in [0.5, 0.6) is 0 Å². The summed E-state index contributed by atoms with van der Waals surface area (Å²) in [6, 6.07) is 4.91. The van der Waals surface area contributed by atoms with E-state index in [0.29, 0.717) is 6.04 Å². The fourth-order valence-electron chi connectivity index (χ4n) is 1.20. The molecule has 13 heavy (non-hydrogen) atoms. The molecule has 1 nitrogen and oxygen atoms in total. The van der Waals surface area contributed by atoms with E-state index >= 15 is 0 Å². The molecule has 1 atom stereocenters. The molecule has 0 aliphatic rings. The van der Waals surface area contributed by atoms with Crippen LogP contribution in [0, 0.1) is 12.8 Å². The fourth-order valence-corrected chi connectivity index (χ4v) is 2.10. The Labute approximate surface area is 85.2 Å². The van der Waals surface area contributed by atoms with Crippen molar-refractivity contribution in [2.75, 3.05) is 6.54 Å². The van der Waals surface area contributed by atoms with Crippen molar-refractivity contribution in [3.05, 3.63) is 21.9 Å². The average Bonchev–Trinajstić information content (AvgIpc) is 2.47. The first kappa shape index (κ1) is 10.7. The maximum atomic E-state index is 3.52. The van der Waals surface area contributed by atoms with Gasteiger partial charge in [0.1, 0.15) is 0 Å². The molecule has 0 amide bonds. The minimum atomic E-state index is 0.501. The van der Waals surface area contributed by atoms with Crippen LogP contribution in [0.1, 0.15) is 36.6 Å². The van der Waals surface area contributed by atoms with Crippen molar-refractivity contribution in [3.63, 3.8) is 0 Å². The third-order valence-electron chi connectivity index (χ3n) is 2.02. The minimum absolute atomic E-state index is 0.501. The van der Waals surface area contributed by atoms with E-state index in [9.17, 15) is 0 Å². The van der Waals surface area contributed by atoms with Gasteiger partial charge >= 0.3 is 0 Å². The molecule has 1 unspecified atom stereocenters. The second-order valence-electron chi connectivity index (χ2n) is 3.97. The topological polar surface area (TPSA) is 12.0 Å². The first-order chi connectivity index (χ1) is 6.09. The Bertz CT molecular complexity index is 252. The third-order valence-corrected chi connectivity index (χ3v) is 3.20. The number of hydrogen-bond donors (Lipinski definition) is 1. The van der Waals surface area contributed by atoms with Crippen LogP contribution in [0.15, 0.2) is 12.1 Å². The molecule has 1 rings (SSSR count). The maximum absolute atomic E-state index is 3.52. The summed E-state index contributed by atoms with van der Waals surface area (Å²) in [6.45, 7) is 9.95. The molecular formula is C11H19NS. The molecule has 1 aromatic heterocycles. The van der Waals surface area contributed by atoms with Gasteiger partial charge in [-0.2, -0.15) is 0 Å². The summed E-state index contributed by atoms with van der Waals surface area (Å²) in [6.07, 6.45) is 0. The van der Waals surface area contributed by atoms with Gasteiger partial charge in [0.05, 0.1) is 0 Å². The predicted octanol–water partition coefficient (Wildman–Crippen LogP) is 3.36. The SMILES string of the molecule is Cc1ccc(C(C)NCC(C)C)s1. The van der Waals surface area contributed by atoms with Crippen molar-refractivity contribution >= 4 is 11.3 Å².